The minimum absolute atomic E-state index is 0.0812. The Balaban J connectivity index is 2.88. The number of carbonyl (C=O) groups is 1. The number of nitrogens with zero attached hydrogens (tertiary/aromatic N) is 2. The topological polar surface area (TPSA) is 44.1 Å². The third kappa shape index (κ3) is 3.59. The third-order valence-corrected chi connectivity index (χ3v) is 3.23. The maximum atomic E-state index is 11.3. The molecule has 0 amide bonds. The van der Waals surface area contributed by atoms with Gasteiger partial charge in [0.1, 0.15) is 11.8 Å². The van der Waals surface area contributed by atoms with Gasteiger partial charge in [0.25, 0.3) is 0 Å². The number of carbonyl (C=O) groups excluding carboxylic acids is 1. The molecule has 0 aliphatic carbocycles. The van der Waals surface area contributed by atoms with E-state index in [4.69, 9.17) is 0 Å². The van der Waals surface area contributed by atoms with Gasteiger partial charge in [0.05, 0.1) is 6.07 Å². The van der Waals surface area contributed by atoms with E-state index >= 15 is 0 Å². The van der Waals surface area contributed by atoms with Gasteiger partial charge in [-0.2, -0.15) is 5.26 Å². The van der Waals surface area contributed by atoms with Crippen LogP contribution in [0.15, 0.2) is 30.3 Å². The first-order valence-corrected chi connectivity index (χ1v) is 6.27. The lowest BCUT2D eigenvalue weighted by Gasteiger charge is -2.30. The largest absolute Gasteiger partial charge is 0.359 e. The maximum Gasteiger partial charge on any atom is 0.130 e. The molecule has 18 heavy (non-hydrogen) atoms. The van der Waals surface area contributed by atoms with Crippen LogP contribution in [0.4, 0.5) is 5.69 Å². The summed E-state index contributed by atoms with van der Waals surface area (Å²) in [7, 11) is 1.91. The lowest BCUT2D eigenvalue weighted by molar-refractivity contribution is -0.118. The Kier molecular flexibility index (Phi) is 5.38. The molecule has 1 aromatic rings. The van der Waals surface area contributed by atoms with Crippen molar-refractivity contribution in [3.8, 4) is 6.07 Å². The van der Waals surface area contributed by atoms with Crippen molar-refractivity contribution in [2.75, 3.05) is 11.9 Å². The first-order valence-electron chi connectivity index (χ1n) is 6.27. The molecule has 0 fully saturated rings. The Morgan fingerprint density at radius 2 is 2.00 bits per heavy atom. The molecule has 0 radical (unpaired) electrons. The molecule has 2 unspecified atom stereocenters. The van der Waals surface area contributed by atoms with Crippen molar-refractivity contribution in [3.05, 3.63) is 30.3 Å². The van der Waals surface area contributed by atoms with Gasteiger partial charge in [-0.3, -0.25) is 0 Å². The summed E-state index contributed by atoms with van der Waals surface area (Å²) in [5, 5.41) is 9.37. The molecule has 3 heteroatoms. The Morgan fingerprint density at radius 3 is 2.44 bits per heavy atom. The van der Waals surface area contributed by atoms with Crippen molar-refractivity contribution in [1.29, 1.82) is 5.26 Å². The average Bonchev–Trinajstić information content (AvgIpc) is 2.38. The summed E-state index contributed by atoms with van der Waals surface area (Å²) in [4.78, 5) is 13.2. The molecule has 3 nitrogen and oxygen atoms in total. The fraction of sp³-hybridized carbons (Fsp3) is 0.467. The molecule has 0 N–H and O–H groups in total. The van der Waals surface area contributed by atoms with E-state index in [1.54, 1.807) is 6.92 Å². The number of hydrogen-bond donors (Lipinski definition) is 0. The van der Waals surface area contributed by atoms with E-state index in [2.05, 4.69) is 6.07 Å². The molecule has 0 heterocycles. The molecule has 1 aromatic carbocycles. The number of benzene rings is 1. The highest BCUT2D eigenvalue weighted by Crippen LogP contribution is 2.23. The van der Waals surface area contributed by atoms with Crippen LogP contribution in [0.1, 0.15) is 26.7 Å². The molecule has 0 aromatic heterocycles. The quantitative estimate of drug-likeness (QED) is 0.772. The first-order chi connectivity index (χ1) is 8.60. The van der Waals surface area contributed by atoms with Gasteiger partial charge in [-0.05, 0) is 31.4 Å². The molecule has 0 bridgehead atoms. The molecule has 0 saturated carbocycles. The molecule has 0 saturated heterocycles. The van der Waals surface area contributed by atoms with Crippen LogP contribution >= 0.6 is 0 Å². The van der Waals surface area contributed by atoms with E-state index in [1.807, 2.05) is 49.2 Å². The second-order valence-electron chi connectivity index (χ2n) is 4.59. The second-order valence-corrected chi connectivity index (χ2v) is 4.59. The van der Waals surface area contributed by atoms with E-state index in [-0.39, 0.29) is 17.7 Å². The van der Waals surface area contributed by atoms with E-state index < -0.39 is 0 Å². The zero-order valence-electron chi connectivity index (χ0n) is 11.3. The predicted octanol–water partition coefficient (Wildman–Crippen LogP) is 3.02. The van der Waals surface area contributed by atoms with Gasteiger partial charge < -0.3 is 9.69 Å². The normalized spacial score (nSPS) is 13.4. The Morgan fingerprint density at radius 1 is 1.39 bits per heavy atom. The SMILES string of the molecule is CCC(CC(C)=O)C(C#N)N(C)c1ccccc1. The smallest absolute Gasteiger partial charge is 0.130 e. The Hall–Kier alpha value is -1.82. The average molecular weight is 244 g/mol. The first kappa shape index (κ1) is 14.2. The monoisotopic (exact) mass is 244 g/mol. The van der Waals surface area contributed by atoms with Crippen LogP contribution < -0.4 is 4.90 Å². The highest BCUT2D eigenvalue weighted by Gasteiger charge is 2.25. The van der Waals surface area contributed by atoms with E-state index in [1.165, 1.54) is 0 Å². The number of ketones is 1. The molecule has 0 spiro atoms. The number of Topliss-reactive ketones (excluding diaryl/α,β-unsaturated/α-hetero) is 1. The summed E-state index contributed by atoms with van der Waals surface area (Å²) in [6, 6.07) is 11.9. The van der Waals surface area contributed by atoms with Crippen molar-refractivity contribution in [3.63, 3.8) is 0 Å². The number of rotatable bonds is 6. The van der Waals surface area contributed by atoms with Crippen molar-refractivity contribution >= 4 is 11.5 Å². The Bertz CT molecular complexity index is 422. The molecule has 2 atom stereocenters. The van der Waals surface area contributed by atoms with Crippen molar-refractivity contribution in [1.82, 2.24) is 0 Å². The van der Waals surface area contributed by atoms with Crippen LogP contribution in [0.3, 0.4) is 0 Å². The van der Waals surface area contributed by atoms with E-state index in [9.17, 15) is 10.1 Å². The molecule has 0 aliphatic heterocycles. The lowest BCUT2D eigenvalue weighted by Crippen LogP contribution is -2.37. The second kappa shape index (κ2) is 6.80. The predicted molar refractivity (Wildman–Crippen MR) is 73.3 cm³/mol. The summed E-state index contributed by atoms with van der Waals surface area (Å²) >= 11 is 0. The van der Waals surface area contributed by atoms with E-state index in [0.29, 0.717) is 6.42 Å². The fourth-order valence-corrected chi connectivity index (χ4v) is 2.18. The van der Waals surface area contributed by atoms with Gasteiger partial charge in [0.15, 0.2) is 0 Å². The van der Waals surface area contributed by atoms with Crippen molar-refractivity contribution in [2.45, 2.75) is 32.7 Å². The lowest BCUT2D eigenvalue weighted by atomic mass is 9.91. The molecular formula is C15H20N2O. The number of nitriles is 1. The van der Waals surface area contributed by atoms with Crippen LogP contribution in [0.2, 0.25) is 0 Å². The van der Waals surface area contributed by atoms with Gasteiger partial charge in [0, 0.05) is 19.2 Å². The van der Waals surface area contributed by atoms with Crippen LogP contribution in [0, 0.1) is 17.2 Å². The van der Waals surface area contributed by atoms with Crippen molar-refractivity contribution in [2.24, 2.45) is 5.92 Å². The third-order valence-electron chi connectivity index (χ3n) is 3.23. The number of para-hydroxylation sites is 1. The maximum absolute atomic E-state index is 11.3. The van der Waals surface area contributed by atoms with Crippen molar-refractivity contribution < 1.29 is 4.79 Å². The van der Waals surface area contributed by atoms with Crippen LogP contribution in [-0.2, 0) is 4.79 Å². The van der Waals surface area contributed by atoms with Gasteiger partial charge in [-0.1, -0.05) is 25.1 Å². The van der Waals surface area contributed by atoms with Crippen LogP contribution in [0.25, 0.3) is 0 Å². The summed E-state index contributed by atoms with van der Waals surface area (Å²) < 4.78 is 0. The van der Waals surface area contributed by atoms with Gasteiger partial charge >= 0.3 is 0 Å². The minimum atomic E-state index is -0.263. The zero-order chi connectivity index (χ0) is 13.5. The zero-order valence-corrected chi connectivity index (χ0v) is 11.3. The van der Waals surface area contributed by atoms with Gasteiger partial charge in [0.2, 0.25) is 0 Å². The highest BCUT2D eigenvalue weighted by atomic mass is 16.1. The molecule has 96 valence electrons. The summed E-state index contributed by atoms with van der Waals surface area (Å²) in [6.07, 6.45) is 1.29. The van der Waals surface area contributed by atoms with E-state index in [0.717, 1.165) is 12.1 Å². The fourth-order valence-electron chi connectivity index (χ4n) is 2.18. The summed E-state index contributed by atoms with van der Waals surface area (Å²) in [5.74, 6) is 0.223. The van der Waals surface area contributed by atoms with Crippen LogP contribution in [0.5, 0.6) is 0 Å². The number of hydrogen-bond acceptors (Lipinski definition) is 3. The molecule has 1 rings (SSSR count). The highest BCUT2D eigenvalue weighted by molar-refractivity contribution is 5.76. The molecular weight excluding hydrogens is 224 g/mol. The van der Waals surface area contributed by atoms with Crippen LogP contribution in [-0.4, -0.2) is 18.9 Å². The minimum Gasteiger partial charge on any atom is -0.359 e. The summed E-state index contributed by atoms with van der Waals surface area (Å²) in [6.45, 7) is 3.61. The standard InChI is InChI=1S/C15H20N2O/c1-4-13(10-12(2)18)15(11-16)17(3)14-8-6-5-7-9-14/h5-9,13,15H,4,10H2,1-3H3. The molecule has 0 aliphatic rings. The number of anilines is 1. The Labute approximate surface area is 109 Å². The summed E-state index contributed by atoms with van der Waals surface area (Å²) in [5.41, 5.74) is 1.01. The van der Waals surface area contributed by atoms with Gasteiger partial charge in [-0.15, -0.1) is 0 Å². The van der Waals surface area contributed by atoms with Gasteiger partial charge in [-0.25, -0.2) is 0 Å².